The lowest BCUT2D eigenvalue weighted by atomic mass is 10.1. The van der Waals surface area contributed by atoms with Crippen LogP contribution >= 0.6 is 0 Å². The number of fused-ring (bicyclic) bond motifs is 1. The average Bonchev–Trinajstić information content (AvgIpc) is 2.70. The molecule has 0 unspecified atom stereocenters. The van der Waals surface area contributed by atoms with Crippen molar-refractivity contribution in [3.63, 3.8) is 0 Å². The zero-order valence-corrected chi connectivity index (χ0v) is 14.4. The average molecular weight is 358 g/mol. The van der Waals surface area contributed by atoms with Gasteiger partial charge in [-0.2, -0.15) is 0 Å². The van der Waals surface area contributed by atoms with Crippen LogP contribution in [0.3, 0.4) is 0 Å². The summed E-state index contributed by atoms with van der Waals surface area (Å²) in [5.41, 5.74) is 0.557. The van der Waals surface area contributed by atoms with Crippen molar-refractivity contribution in [1.82, 2.24) is 0 Å². The van der Waals surface area contributed by atoms with Gasteiger partial charge in [-0.1, -0.05) is 0 Å². The van der Waals surface area contributed by atoms with Crippen LogP contribution in [0.4, 0.5) is 0 Å². The molecule has 0 spiro atoms. The highest BCUT2D eigenvalue weighted by Gasteiger charge is 2.19. The highest BCUT2D eigenvalue weighted by atomic mass is 16.6. The maximum absolute atomic E-state index is 12.4. The molecule has 3 rings (SSSR count). The topological polar surface area (TPSA) is 80.3 Å². The Balaban J connectivity index is 1.69. The van der Waals surface area contributed by atoms with Gasteiger partial charge in [-0.05, 0) is 36.4 Å². The monoisotopic (exact) mass is 358 g/mol. The number of Topliss-reactive ketones (excluding diaryl/α,β-unsaturated/α-hetero) is 1. The van der Waals surface area contributed by atoms with Crippen molar-refractivity contribution in [3.05, 3.63) is 47.5 Å². The van der Waals surface area contributed by atoms with Gasteiger partial charge in [0.15, 0.2) is 18.1 Å². The summed E-state index contributed by atoms with van der Waals surface area (Å²) in [6.07, 6.45) is 0. The summed E-state index contributed by atoms with van der Waals surface area (Å²) < 4.78 is 26.2. The fourth-order valence-corrected chi connectivity index (χ4v) is 2.49. The molecule has 26 heavy (non-hydrogen) atoms. The van der Waals surface area contributed by atoms with Gasteiger partial charge in [0.1, 0.15) is 24.7 Å². The second-order valence-electron chi connectivity index (χ2n) is 5.42. The first-order valence-electron chi connectivity index (χ1n) is 7.94. The quantitative estimate of drug-likeness (QED) is 0.580. The number of esters is 1. The maximum atomic E-state index is 12.4. The van der Waals surface area contributed by atoms with Gasteiger partial charge >= 0.3 is 5.97 Å². The molecule has 0 saturated carbocycles. The first kappa shape index (κ1) is 17.6. The number of rotatable bonds is 6. The van der Waals surface area contributed by atoms with E-state index in [4.69, 9.17) is 23.7 Å². The van der Waals surface area contributed by atoms with E-state index in [1.165, 1.54) is 20.3 Å². The Morgan fingerprint density at radius 2 is 1.73 bits per heavy atom. The molecular weight excluding hydrogens is 340 g/mol. The maximum Gasteiger partial charge on any atom is 0.338 e. The van der Waals surface area contributed by atoms with Gasteiger partial charge in [0.2, 0.25) is 5.78 Å². The second kappa shape index (κ2) is 7.77. The number of ether oxygens (including phenoxy) is 5. The van der Waals surface area contributed by atoms with Gasteiger partial charge in [0.25, 0.3) is 0 Å². The van der Waals surface area contributed by atoms with Gasteiger partial charge in [-0.15, -0.1) is 0 Å². The smallest absolute Gasteiger partial charge is 0.338 e. The van der Waals surface area contributed by atoms with Crippen LogP contribution in [0.25, 0.3) is 0 Å². The Bertz CT molecular complexity index is 829. The molecular formula is C19H18O7. The molecule has 0 bridgehead atoms. The molecule has 0 N–H and O–H groups in total. The summed E-state index contributed by atoms with van der Waals surface area (Å²) in [6, 6.07) is 9.57. The van der Waals surface area contributed by atoms with Crippen LogP contribution in [0.15, 0.2) is 36.4 Å². The third-order valence-electron chi connectivity index (χ3n) is 3.82. The largest absolute Gasteiger partial charge is 0.497 e. The third-order valence-corrected chi connectivity index (χ3v) is 3.82. The van der Waals surface area contributed by atoms with E-state index in [1.54, 1.807) is 30.3 Å². The molecule has 1 aliphatic heterocycles. The number of carbonyl (C=O) groups excluding carboxylic acids is 2. The van der Waals surface area contributed by atoms with E-state index in [0.29, 0.717) is 36.2 Å². The summed E-state index contributed by atoms with van der Waals surface area (Å²) in [6.45, 7) is 0.462. The fourth-order valence-electron chi connectivity index (χ4n) is 2.49. The van der Waals surface area contributed by atoms with Crippen LogP contribution in [-0.2, 0) is 4.74 Å². The van der Waals surface area contributed by atoms with Crippen molar-refractivity contribution in [2.24, 2.45) is 0 Å². The van der Waals surface area contributed by atoms with Crippen molar-refractivity contribution < 1.29 is 33.3 Å². The molecule has 1 heterocycles. The van der Waals surface area contributed by atoms with Crippen LogP contribution < -0.4 is 18.9 Å². The minimum atomic E-state index is -0.628. The van der Waals surface area contributed by atoms with Gasteiger partial charge in [0, 0.05) is 0 Å². The van der Waals surface area contributed by atoms with Crippen LogP contribution in [0.1, 0.15) is 20.7 Å². The first-order valence-corrected chi connectivity index (χ1v) is 7.94. The Kier molecular flexibility index (Phi) is 5.26. The lowest BCUT2D eigenvalue weighted by molar-refractivity contribution is 0.0473. The highest BCUT2D eigenvalue weighted by Crippen LogP contribution is 2.31. The van der Waals surface area contributed by atoms with E-state index < -0.39 is 18.4 Å². The Morgan fingerprint density at radius 1 is 0.962 bits per heavy atom. The molecule has 2 aromatic rings. The summed E-state index contributed by atoms with van der Waals surface area (Å²) in [7, 11) is 2.96. The molecule has 0 aliphatic carbocycles. The summed E-state index contributed by atoms with van der Waals surface area (Å²) >= 11 is 0. The van der Waals surface area contributed by atoms with E-state index in [9.17, 15) is 9.59 Å². The van der Waals surface area contributed by atoms with Crippen LogP contribution in [-0.4, -0.2) is 45.8 Å². The normalized spacial score (nSPS) is 12.2. The lowest BCUT2D eigenvalue weighted by Gasteiger charge is -2.18. The van der Waals surface area contributed by atoms with Crippen molar-refractivity contribution in [2.45, 2.75) is 0 Å². The molecule has 7 nitrogen and oxygen atoms in total. The number of hydrogen-bond acceptors (Lipinski definition) is 7. The van der Waals surface area contributed by atoms with Crippen LogP contribution in [0.5, 0.6) is 23.0 Å². The number of hydrogen-bond donors (Lipinski definition) is 0. The predicted molar refractivity (Wildman–Crippen MR) is 91.6 cm³/mol. The van der Waals surface area contributed by atoms with E-state index in [0.717, 1.165) is 0 Å². The molecule has 0 aromatic heterocycles. The Labute approximate surface area is 150 Å². The number of benzene rings is 2. The number of carbonyl (C=O) groups is 2. The minimum absolute atomic E-state index is 0.277. The SMILES string of the molecule is COc1ccc(OC)c(C(=O)COC(=O)c2ccc3c(c2)OCCO3)c1. The molecule has 0 atom stereocenters. The van der Waals surface area contributed by atoms with Crippen LogP contribution in [0, 0.1) is 0 Å². The lowest BCUT2D eigenvalue weighted by Crippen LogP contribution is -2.17. The van der Waals surface area contributed by atoms with Gasteiger partial charge in [0.05, 0.1) is 25.3 Å². The van der Waals surface area contributed by atoms with Gasteiger partial charge in [-0.3, -0.25) is 4.79 Å². The highest BCUT2D eigenvalue weighted by molar-refractivity contribution is 6.01. The van der Waals surface area contributed by atoms with E-state index >= 15 is 0 Å². The second-order valence-corrected chi connectivity index (χ2v) is 5.42. The Hall–Kier alpha value is -3.22. The molecule has 0 amide bonds. The van der Waals surface area contributed by atoms with Gasteiger partial charge < -0.3 is 23.7 Å². The molecule has 7 heteroatoms. The molecule has 136 valence electrons. The molecule has 0 saturated heterocycles. The third kappa shape index (κ3) is 3.72. The zero-order chi connectivity index (χ0) is 18.5. The predicted octanol–water partition coefficient (Wildman–Crippen LogP) is 2.51. The minimum Gasteiger partial charge on any atom is -0.497 e. The summed E-state index contributed by atoms with van der Waals surface area (Å²) in [5.74, 6) is 0.916. The molecule has 1 aliphatic rings. The molecule has 2 aromatic carbocycles. The van der Waals surface area contributed by atoms with Crippen molar-refractivity contribution >= 4 is 11.8 Å². The van der Waals surface area contributed by atoms with E-state index in [2.05, 4.69) is 0 Å². The Morgan fingerprint density at radius 3 is 2.46 bits per heavy atom. The summed E-state index contributed by atoms with van der Waals surface area (Å²) in [4.78, 5) is 24.6. The van der Waals surface area contributed by atoms with Gasteiger partial charge in [-0.25, -0.2) is 4.79 Å². The number of methoxy groups -OCH3 is 2. The van der Waals surface area contributed by atoms with Crippen molar-refractivity contribution in [3.8, 4) is 23.0 Å². The summed E-state index contributed by atoms with van der Waals surface area (Å²) in [5, 5.41) is 0. The molecule has 0 fully saturated rings. The zero-order valence-electron chi connectivity index (χ0n) is 14.4. The van der Waals surface area contributed by atoms with Crippen molar-refractivity contribution in [1.29, 1.82) is 0 Å². The van der Waals surface area contributed by atoms with E-state index in [-0.39, 0.29) is 11.1 Å². The fraction of sp³-hybridized carbons (Fsp3) is 0.263. The number of ketones is 1. The van der Waals surface area contributed by atoms with E-state index in [1.807, 2.05) is 0 Å². The van der Waals surface area contributed by atoms with Crippen molar-refractivity contribution in [2.75, 3.05) is 34.0 Å². The first-order chi connectivity index (χ1) is 12.6. The standard InChI is InChI=1S/C19H18O7/c1-22-13-4-6-16(23-2)14(10-13)15(20)11-26-19(21)12-3-5-17-18(9-12)25-8-7-24-17/h3-6,9-10H,7-8,11H2,1-2H3. The van der Waals surface area contributed by atoms with Crippen LogP contribution in [0.2, 0.25) is 0 Å². The molecule has 0 radical (unpaired) electrons.